The maximum Gasteiger partial charge on any atom is 0.268 e. The van der Waals surface area contributed by atoms with Gasteiger partial charge in [0, 0.05) is 12.2 Å². The van der Waals surface area contributed by atoms with E-state index in [1.807, 2.05) is 4.57 Å². The maximum absolute atomic E-state index is 12.2. The largest absolute Gasteiger partial charge is 0.341 e. The van der Waals surface area contributed by atoms with Gasteiger partial charge in [-0.2, -0.15) is 5.21 Å². The minimum absolute atomic E-state index is 0.184. The summed E-state index contributed by atoms with van der Waals surface area (Å²) in [6.07, 6.45) is 3.98. The number of aromatic amines is 1. The highest BCUT2D eigenvalue weighted by molar-refractivity contribution is 6.31. The molecule has 7 nitrogen and oxygen atoms in total. The van der Waals surface area contributed by atoms with Crippen molar-refractivity contribution in [1.82, 2.24) is 30.5 Å². The molecule has 1 unspecified atom stereocenters. The second-order valence-corrected chi connectivity index (χ2v) is 5.08. The van der Waals surface area contributed by atoms with Gasteiger partial charge in [-0.05, 0) is 25.8 Å². The molecule has 19 heavy (non-hydrogen) atoms. The molecule has 1 fully saturated rings. The number of hydrogen-bond acceptors (Lipinski definition) is 4. The van der Waals surface area contributed by atoms with Crippen molar-refractivity contribution in [3.05, 3.63) is 28.8 Å². The Morgan fingerprint density at radius 3 is 3.05 bits per heavy atom. The van der Waals surface area contributed by atoms with Crippen LogP contribution in [0.5, 0.6) is 0 Å². The van der Waals surface area contributed by atoms with E-state index in [1.54, 1.807) is 19.2 Å². The average molecular weight is 281 g/mol. The van der Waals surface area contributed by atoms with E-state index in [9.17, 15) is 4.79 Å². The fourth-order valence-electron chi connectivity index (χ4n) is 1.97. The molecule has 1 amide bonds. The van der Waals surface area contributed by atoms with Crippen molar-refractivity contribution >= 4 is 17.5 Å². The van der Waals surface area contributed by atoms with Gasteiger partial charge in [-0.3, -0.25) is 4.79 Å². The van der Waals surface area contributed by atoms with E-state index in [2.05, 4.69) is 25.9 Å². The Balaban J connectivity index is 1.77. The Hall–Kier alpha value is -1.89. The third-order valence-corrected chi connectivity index (χ3v) is 3.29. The van der Waals surface area contributed by atoms with Crippen LogP contribution in [0, 0.1) is 0 Å². The molecule has 100 valence electrons. The molecule has 0 aliphatic heterocycles. The predicted octanol–water partition coefficient (Wildman–Crippen LogP) is 1.48. The first kappa shape index (κ1) is 12.2. The molecule has 2 heterocycles. The molecule has 2 aromatic rings. The van der Waals surface area contributed by atoms with Crippen molar-refractivity contribution < 1.29 is 4.79 Å². The Morgan fingerprint density at radius 1 is 1.63 bits per heavy atom. The highest BCUT2D eigenvalue weighted by Gasteiger charge is 2.28. The quantitative estimate of drug-likeness (QED) is 0.888. The molecule has 1 atom stereocenters. The number of aromatic nitrogens is 5. The maximum atomic E-state index is 12.2. The van der Waals surface area contributed by atoms with Gasteiger partial charge in [-0.15, -0.1) is 10.2 Å². The van der Waals surface area contributed by atoms with E-state index in [0.29, 0.717) is 22.6 Å². The molecule has 2 N–H and O–H groups in total. The molecule has 1 saturated carbocycles. The zero-order chi connectivity index (χ0) is 13.4. The number of tetrazole rings is 1. The summed E-state index contributed by atoms with van der Waals surface area (Å²) in [4.78, 5) is 12.2. The number of nitrogens with one attached hydrogen (secondary N) is 2. The van der Waals surface area contributed by atoms with Gasteiger partial charge >= 0.3 is 0 Å². The second kappa shape index (κ2) is 4.65. The Bertz CT molecular complexity index is 588. The van der Waals surface area contributed by atoms with Crippen LogP contribution in [0.1, 0.15) is 48.2 Å². The molecule has 0 radical (unpaired) electrons. The molecule has 2 aromatic heterocycles. The van der Waals surface area contributed by atoms with E-state index >= 15 is 0 Å². The van der Waals surface area contributed by atoms with Crippen LogP contribution in [-0.2, 0) is 0 Å². The van der Waals surface area contributed by atoms with Gasteiger partial charge in [0.1, 0.15) is 5.69 Å². The van der Waals surface area contributed by atoms with Crippen molar-refractivity contribution in [3.8, 4) is 0 Å². The molecule has 3 rings (SSSR count). The van der Waals surface area contributed by atoms with Crippen LogP contribution in [-0.4, -0.2) is 31.1 Å². The number of nitrogens with zero attached hydrogens (tertiary/aromatic N) is 4. The van der Waals surface area contributed by atoms with Crippen LogP contribution in [0.4, 0.5) is 0 Å². The first-order chi connectivity index (χ1) is 9.15. The average Bonchev–Trinajstić information content (AvgIpc) is 2.91. The van der Waals surface area contributed by atoms with Gasteiger partial charge in [-0.1, -0.05) is 16.8 Å². The van der Waals surface area contributed by atoms with Gasteiger partial charge in [0.2, 0.25) is 0 Å². The van der Waals surface area contributed by atoms with Crippen LogP contribution in [0.2, 0.25) is 5.02 Å². The lowest BCUT2D eigenvalue weighted by Gasteiger charge is -2.11. The predicted molar refractivity (Wildman–Crippen MR) is 67.8 cm³/mol. The summed E-state index contributed by atoms with van der Waals surface area (Å²) in [7, 11) is 0. The Kier molecular flexibility index (Phi) is 2.98. The smallest absolute Gasteiger partial charge is 0.268 e. The topological polar surface area (TPSA) is 88.5 Å². The molecule has 0 saturated heterocycles. The summed E-state index contributed by atoms with van der Waals surface area (Å²) in [6, 6.07) is 1.76. The van der Waals surface area contributed by atoms with Gasteiger partial charge < -0.3 is 9.88 Å². The van der Waals surface area contributed by atoms with Gasteiger partial charge in [0.05, 0.1) is 11.1 Å². The molecule has 0 spiro atoms. The van der Waals surface area contributed by atoms with Gasteiger partial charge in [0.25, 0.3) is 5.91 Å². The fourth-order valence-corrected chi connectivity index (χ4v) is 2.18. The number of carbonyl (C=O) groups excluding carboxylic acids is 1. The highest BCUT2D eigenvalue weighted by atomic mass is 35.5. The van der Waals surface area contributed by atoms with E-state index in [-0.39, 0.29) is 11.9 Å². The van der Waals surface area contributed by atoms with E-state index < -0.39 is 0 Å². The second-order valence-electron chi connectivity index (χ2n) is 4.65. The molecule has 0 aromatic carbocycles. The summed E-state index contributed by atoms with van der Waals surface area (Å²) < 4.78 is 1.93. The van der Waals surface area contributed by atoms with Crippen LogP contribution in [0.3, 0.4) is 0 Å². The molecule has 0 bridgehead atoms. The van der Waals surface area contributed by atoms with E-state index in [1.165, 1.54) is 0 Å². The van der Waals surface area contributed by atoms with E-state index in [4.69, 9.17) is 11.6 Å². The summed E-state index contributed by atoms with van der Waals surface area (Å²) in [5, 5.41) is 16.9. The Morgan fingerprint density at radius 2 is 2.42 bits per heavy atom. The van der Waals surface area contributed by atoms with Crippen molar-refractivity contribution in [1.29, 1.82) is 0 Å². The van der Waals surface area contributed by atoms with Crippen molar-refractivity contribution in [2.75, 3.05) is 0 Å². The summed E-state index contributed by atoms with van der Waals surface area (Å²) in [5.41, 5.74) is 0.572. The standard InChI is InChI=1S/C11H13ClN6O/c1-6(10-14-16-17-15-10)13-11(19)9-4-7(12)5-18(9)8-2-3-8/h4-6,8H,2-3H2,1H3,(H,13,19)(H,14,15,16,17). The normalized spacial score (nSPS) is 16.3. The van der Waals surface area contributed by atoms with Crippen LogP contribution in [0.15, 0.2) is 12.3 Å². The molecule has 8 heteroatoms. The van der Waals surface area contributed by atoms with Gasteiger partial charge in [0.15, 0.2) is 5.82 Å². The summed E-state index contributed by atoms with van der Waals surface area (Å²) in [5.74, 6) is 0.264. The number of hydrogen-bond donors (Lipinski definition) is 2. The SMILES string of the molecule is CC(NC(=O)c1cc(Cl)cn1C1CC1)c1nn[nH]n1. The van der Waals surface area contributed by atoms with Crippen molar-refractivity contribution in [2.45, 2.75) is 31.8 Å². The molecular formula is C11H13ClN6O. The van der Waals surface area contributed by atoms with Crippen molar-refractivity contribution in [2.24, 2.45) is 0 Å². The van der Waals surface area contributed by atoms with Crippen LogP contribution in [0.25, 0.3) is 0 Å². The Labute approximate surface area is 114 Å². The van der Waals surface area contributed by atoms with Gasteiger partial charge in [-0.25, -0.2) is 0 Å². The molecule has 1 aliphatic rings. The fraction of sp³-hybridized carbons (Fsp3) is 0.455. The van der Waals surface area contributed by atoms with Crippen molar-refractivity contribution in [3.63, 3.8) is 0 Å². The summed E-state index contributed by atoms with van der Waals surface area (Å²) in [6.45, 7) is 1.80. The number of rotatable bonds is 4. The monoisotopic (exact) mass is 280 g/mol. The third kappa shape index (κ3) is 2.46. The van der Waals surface area contributed by atoms with Crippen LogP contribution < -0.4 is 5.32 Å². The minimum atomic E-state index is -0.312. The lowest BCUT2D eigenvalue weighted by molar-refractivity contribution is 0.0928. The number of halogens is 1. The molecule has 1 aliphatic carbocycles. The number of H-pyrrole nitrogens is 1. The number of amides is 1. The van der Waals surface area contributed by atoms with E-state index in [0.717, 1.165) is 12.8 Å². The van der Waals surface area contributed by atoms with Crippen LogP contribution >= 0.6 is 11.6 Å². The first-order valence-corrected chi connectivity index (χ1v) is 6.44. The third-order valence-electron chi connectivity index (χ3n) is 3.08. The minimum Gasteiger partial charge on any atom is -0.341 e. The lowest BCUT2D eigenvalue weighted by atomic mass is 10.3. The highest BCUT2D eigenvalue weighted by Crippen LogP contribution is 2.37. The summed E-state index contributed by atoms with van der Waals surface area (Å²) >= 11 is 5.98. The number of carbonyl (C=O) groups is 1. The lowest BCUT2D eigenvalue weighted by Crippen LogP contribution is -2.29. The first-order valence-electron chi connectivity index (χ1n) is 6.06. The zero-order valence-corrected chi connectivity index (χ0v) is 11.1. The zero-order valence-electron chi connectivity index (χ0n) is 10.3. The molecular weight excluding hydrogens is 268 g/mol.